The third-order valence-electron chi connectivity index (χ3n) is 4.10. The highest BCUT2D eigenvalue weighted by Crippen LogP contribution is 2.28. The van der Waals surface area contributed by atoms with E-state index in [1.807, 2.05) is 0 Å². The SMILES string of the molecule is c1ccc(CCCNCCCC2CCCC2)cc1. The quantitative estimate of drug-likeness (QED) is 0.678. The molecule has 0 amide bonds. The maximum Gasteiger partial charge on any atom is -0.00457 e. The van der Waals surface area contributed by atoms with Gasteiger partial charge in [0.05, 0.1) is 0 Å². The molecule has 0 heterocycles. The summed E-state index contributed by atoms with van der Waals surface area (Å²) in [5.41, 5.74) is 1.46. The molecule has 18 heavy (non-hydrogen) atoms. The van der Waals surface area contributed by atoms with E-state index in [1.54, 1.807) is 0 Å². The molecule has 0 radical (unpaired) electrons. The first-order valence-electron chi connectivity index (χ1n) is 7.70. The second-order valence-electron chi connectivity index (χ2n) is 5.63. The summed E-state index contributed by atoms with van der Waals surface area (Å²) in [5.74, 6) is 1.05. The van der Waals surface area contributed by atoms with Crippen LogP contribution in [-0.4, -0.2) is 13.1 Å². The minimum Gasteiger partial charge on any atom is -0.317 e. The molecule has 1 aliphatic carbocycles. The van der Waals surface area contributed by atoms with Crippen molar-refractivity contribution in [1.29, 1.82) is 0 Å². The summed E-state index contributed by atoms with van der Waals surface area (Å²) in [6.45, 7) is 2.38. The Labute approximate surface area is 112 Å². The minimum absolute atomic E-state index is 1.05. The highest BCUT2D eigenvalue weighted by molar-refractivity contribution is 5.14. The van der Waals surface area contributed by atoms with Crippen LogP contribution < -0.4 is 5.32 Å². The third kappa shape index (κ3) is 5.22. The van der Waals surface area contributed by atoms with Crippen molar-refractivity contribution in [2.24, 2.45) is 5.92 Å². The van der Waals surface area contributed by atoms with Gasteiger partial charge in [-0.15, -0.1) is 0 Å². The van der Waals surface area contributed by atoms with E-state index >= 15 is 0 Å². The van der Waals surface area contributed by atoms with Gasteiger partial charge in [0.2, 0.25) is 0 Å². The van der Waals surface area contributed by atoms with E-state index in [-0.39, 0.29) is 0 Å². The highest BCUT2D eigenvalue weighted by Gasteiger charge is 2.13. The van der Waals surface area contributed by atoms with Crippen molar-refractivity contribution < 1.29 is 0 Å². The molecule has 0 unspecified atom stereocenters. The van der Waals surface area contributed by atoms with Crippen molar-refractivity contribution in [3.63, 3.8) is 0 Å². The molecule has 0 aromatic heterocycles. The van der Waals surface area contributed by atoms with Gasteiger partial charge in [0.25, 0.3) is 0 Å². The lowest BCUT2D eigenvalue weighted by Gasteiger charge is -2.09. The van der Waals surface area contributed by atoms with Crippen LogP contribution in [0.15, 0.2) is 30.3 Å². The van der Waals surface area contributed by atoms with Crippen LogP contribution in [0.25, 0.3) is 0 Å². The van der Waals surface area contributed by atoms with Gasteiger partial charge in [0.1, 0.15) is 0 Å². The smallest absolute Gasteiger partial charge is 0.00457 e. The van der Waals surface area contributed by atoms with Crippen LogP contribution in [0.3, 0.4) is 0 Å². The Morgan fingerprint density at radius 3 is 2.44 bits per heavy atom. The molecule has 1 aromatic rings. The molecule has 1 N–H and O–H groups in total. The average Bonchev–Trinajstić information content (AvgIpc) is 2.92. The summed E-state index contributed by atoms with van der Waals surface area (Å²) in [6, 6.07) is 10.8. The maximum absolute atomic E-state index is 3.58. The normalized spacial score (nSPS) is 16.2. The fourth-order valence-electron chi connectivity index (χ4n) is 3.00. The highest BCUT2D eigenvalue weighted by atomic mass is 14.8. The summed E-state index contributed by atoms with van der Waals surface area (Å²) in [6.07, 6.45) is 11.2. The van der Waals surface area contributed by atoms with Crippen LogP contribution in [0, 0.1) is 5.92 Å². The van der Waals surface area contributed by atoms with Crippen LogP contribution in [0.2, 0.25) is 0 Å². The molecule has 0 aliphatic heterocycles. The van der Waals surface area contributed by atoms with Crippen LogP contribution in [0.1, 0.15) is 50.5 Å². The van der Waals surface area contributed by atoms with Gasteiger partial charge in [-0.05, 0) is 50.3 Å². The Balaban J connectivity index is 1.42. The molecule has 0 bridgehead atoms. The van der Waals surface area contributed by atoms with Gasteiger partial charge in [0, 0.05) is 0 Å². The number of benzene rings is 1. The molecule has 0 saturated heterocycles. The van der Waals surface area contributed by atoms with Crippen LogP contribution in [0.4, 0.5) is 0 Å². The Bertz CT molecular complexity index is 301. The topological polar surface area (TPSA) is 12.0 Å². The molecule has 0 spiro atoms. The fourth-order valence-corrected chi connectivity index (χ4v) is 3.00. The van der Waals surface area contributed by atoms with Crippen molar-refractivity contribution in [3.05, 3.63) is 35.9 Å². The first-order valence-corrected chi connectivity index (χ1v) is 7.70. The van der Waals surface area contributed by atoms with E-state index in [0.717, 1.165) is 5.92 Å². The molecule has 0 atom stereocenters. The third-order valence-corrected chi connectivity index (χ3v) is 4.10. The number of rotatable bonds is 8. The Kier molecular flexibility index (Phi) is 6.28. The van der Waals surface area contributed by atoms with Gasteiger partial charge in [-0.1, -0.05) is 56.0 Å². The number of hydrogen-bond donors (Lipinski definition) is 1. The second kappa shape index (κ2) is 8.31. The summed E-state index contributed by atoms with van der Waals surface area (Å²) in [4.78, 5) is 0. The predicted octanol–water partition coefficient (Wildman–Crippen LogP) is 4.18. The monoisotopic (exact) mass is 245 g/mol. The summed E-state index contributed by atoms with van der Waals surface area (Å²) in [5, 5.41) is 3.58. The molecule has 1 saturated carbocycles. The van der Waals surface area contributed by atoms with Crippen LogP contribution in [-0.2, 0) is 6.42 Å². The summed E-state index contributed by atoms with van der Waals surface area (Å²) >= 11 is 0. The van der Waals surface area contributed by atoms with E-state index in [1.165, 1.54) is 70.0 Å². The van der Waals surface area contributed by atoms with Gasteiger partial charge in [-0.25, -0.2) is 0 Å². The van der Waals surface area contributed by atoms with E-state index in [4.69, 9.17) is 0 Å². The van der Waals surface area contributed by atoms with E-state index < -0.39 is 0 Å². The zero-order valence-electron chi connectivity index (χ0n) is 11.5. The molecular formula is C17H27N. The van der Waals surface area contributed by atoms with Crippen molar-refractivity contribution in [3.8, 4) is 0 Å². The molecule has 1 aliphatic rings. The number of hydrogen-bond acceptors (Lipinski definition) is 1. The number of nitrogens with one attached hydrogen (secondary N) is 1. The fraction of sp³-hybridized carbons (Fsp3) is 0.647. The standard InChI is InChI=1S/C17H27N/c1-2-8-16(9-3-1)12-6-14-18-15-7-13-17-10-4-5-11-17/h1-3,8-9,17-18H,4-7,10-15H2. The molecule has 1 fully saturated rings. The summed E-state index contributed by atoms with van der Waals surface area (Å²) in [7, 11) is 0. The lowest BCUT2D eigenvalue weighted by Crippen LogP contribution is -2.17. The number of aryl methyl sites for hydroxylation is 1. The van der Waals surface area contributed by atoms with Gasteiger partial charge in [-0.2, -0.15) is 0 Å². The van der Waals surface area contributed by atoms with Crippen LogP contribution in [0.5, 0.6) is 0 Å². The van der Waals surface area contributed by atoms with Crippen molar-refractivity contribution in [2.45, 2.75) is 51.4 Å². The first kappa shape index (κ1) is 13.6. The second-order valence-corrected chi connectivity index (χ2v) is 5.63. The molecule has 1 nitrogen and oxygen atoms in total. The zero-order valence-corrected chi connectivity index (χ0v) is 11.5. The molecule has 100 valence electrons. The molecule has 1 aromatic carbocycles. The lowest BCUT2D eigenvalue weighted by atomic mass is 10.0. The Hall–Kier alpha value is -0.820. The van der Waals surface area contributed by atoms with Gasteiger partial charge >= 0.3 is 0 Å². The Morgan fingerprint density at radius 2 is 1.67 bits per heavy atom. The lowest BCUT2D eigenvalue weighted by molar-refractivity contribution is 0.469. The van der Waals surface area contributed by atoms with Gasteiger partial charge < -0.3 is 5.32 Å². The Morgan fingerprint density at radius 1 is 0.944 bits per heavy atom. The maximum atomic E-state index is 3.58. The molecule has 1 heteroatoms. The van der Waals surface area contributed by atoms with Crippen molar-refractivity contribution in [2.75, 3.05) is 13.1 Å². The molecule has 2 rings (SSSR count). The van der Waals surface area contributed by atoms with Crippen molar-refractivity contribution >= 4 is 0 Å². The van der Waals surface area contributed by atoms with Gasteiger partial charge in [-0.3, -0.25) is 0 Å². The van der Waals surface area contributed by atoms with E-state index in [9.17, 15) is 0 Å². The van der Waals surface area contributed by atoms with Gasteiger partial charge in [0.15, 0.2) is 0 Å². The van der Waals surface area contributed by atoms with E-state index in [2.05, 4.69) is 35.6 Å². The summed E-state index contributed by atoms with van der Waals surface area (Å²) < 4.78 is 0. The largest absolute Gasteiger partial charge is 0.317 e. The predicted molar refractivity (Wildman–Crippen MR) is 78.8 cm³/mol. The first-order chi connectivity index (χ1) is 8.95. The molecular weight excluding hydrogens is 218 g/mol. The average molecular weight is 245 g/mol. The minimum atomic E-state index is 1.05. The van der Waals surface area contributed by atoms with Crippen LogP contribution >= 0.6 is 0 Å². The zero-order chi connectivity index (χ0) is 12.5. The van der Waals surface area contributed by atoms with Crippen molar-refractivity contribution in [1.82, 2.24) is 5.32 Å². The van der Waals surface area contributed by atoms with E-state index in [0.29, 0.717) is 0 Å².